The molecule has 2 heterocycles. The van der Waals surface area contributed by atoms with E-state index in [-0.39, 0.29) is 11.8 Å². The average molecular weight is 343 g/mol. The van der Waals surface area contributed by atoms with E-state index < -0.39 is 0 Å². The second kappa shape index (κ2) is 8.60. The van der Waals surface area contributed by atoms with Crippen LogP contribution in [0.2, 0.25) is 0 Å². The first-order valence-electron chi connectivity index (χ1n) is 8.95. The van der Waals surface area contributed by atoms with Crippen molar-refractivity contribution in [2.24, 2.45) is 5.92 Å². The molecule has 0 aromatic carbocycles. The van der Waals surface area contributed by atoms with Crippen LogP contribution in [0.15, 0.2) is 30.6 Å². The van der Waals surface area contributed by atoms with Crippen molar-refractivity contribution >= 4 is 17.8 Å². The summed E-state index contributed by atoms with van der Waals surface area (Å²) in [7, 11) is 0. The number of hydrogen-bond donors (Lipinski definition) is 1. The number of rotatable bonds is 6. The maximum Gasteiger partial charge on any atom is 0.225 e. The van der Waals surface area contributed by atoms with Crippen LogP contribution in [-0.4, -0.2) is 59.4 Å². The van der Waals surface area contributed by atoms with E-state index in [0.29, 0.717) is 44.3 Å². The van der Waals surface area contributed by atoms with Gasteiger partial charge in [0.25, 0.3) is 0 Å². The summed E-state index contributed by atoms with van der Waals surface area (Å²) >= 11 is 0. The summed E-state index contributed by atoms with van der Waals surface area (Å²) in [5, 5.41) is 2.86. The van der Waals surface area contributed by atoms with Gasteiger partial charge in [-0.15, -0.1) is 0 Å². The Bertz CT molecular complexity index is 611. The molecule has 0 unspecified atom stereocenters. The third-order valence-corrected chi connectivity index (χ3v) is 4.69. The van der Waals surface area contributed by atoms with Gasteiger partial charge < -0.3 is 15.1 Å². The fraction of sp³-hybridized carbons (Fsp3) is 0.556. The highest BCUT2D eigenvalue weighted by atomic mass is 16.2. The van der Waals surface area contributed by atoms with Crippen LogP contribution < -0.4 is 10.2 Å². The first kappa shape index (κ1) is 17.4. The number of allylic oxidation sites excluding steroid dienone is 2. The van der Waals surface area contributed by atoms with E-state index in [0.717, 1.165) is 25.9 Å². The topological polar surface area (TPSA) is 78.4 Å². The van der Waals surface area contributed by atoms with Crippen LogP contribution in [-0.2, 0) is 9.59 Å². The van der Waals surface area contributed by atoms with Crippen LogP contribution in [0.4, 0.5) is 5.95 Å². The minimum Gasteiger partial charge on any atom is -0.356 e. The van der Waals surface area contributed by atoms with Gasteiger partial charge in [-0.05, 0) is 24.8 Å². The van der Waals surface area contributed by atoms with Crippen molar-refractivity contribution < 1.29 is 9.59 Å². The van der Waals surface area contributed by atoms with Gasteiger partial charge in [0.1, 0.15) is 0 Å². The third kappa shape index (κ3) is 5.01. The van der Waals surface area contributed by atoms with Gasteiger partial charge in [0.05, 0.1) is 0 Å². The zero-order valence-corrected chi connectivity index (χ0v) is 14.4. The Balaban J connectivity index is 1.34. The van der Waals surface area contributed by atoms with Crippen LogP contribution in [0, 0.1) is 5.92 Å². The second-order valence-electron chi connectivity index (χ2n) is 6.49. The predicted octanol–water partition coefficient (Wildman–Crippen LogP) is 0.988. The molecule has 0 saturated carbocycles. The molecule has 0 radical (unpaired) electrons. The van der Waals surface area contributed by atoms with Gasteiger partial charge in [-0.3, -0.25) is 9.59 Å². The number of piperazine rings is 1. The van der Waals surface area contributed by atoms with Crippen molar-refractivity contribution in [3.8, 4) is 0 Å². The average Bonchev–Trinajstić information content (AvgIpc) is 3.15. The van der Waals surface area contributed by atoms with Crippen LogP contribution >= 0.6 is 0 Å². The minimum atomic E-state index is 0.0374. The lowest BCUT2D eigenvalue weighted by Gasteiger charge is -2.34. The molecule has 1 atom stereocenters. The summed E-state index contributed by atoms with van der Waals surface area (Å²) in [5.41, 5.74) is 0. The minimum absolute atomic E-state index is 0.0374. The molecule has 25 heavy (non-hydrogen) atoms. The monoisotopic (exact) mass is 343 g/mol. The van der Waals surface area contributed by atoms with Crippen molar-refractivity contribution in [1.82, 2.24) is 20.2 Å². The number of hydrogen-bond acceptors (Lipinski definition) is 5. The number of nitrogens with one attached hydrogen (secondary N) is 1. The van der Waals surface area contributed by atoms with Gasteiger partial charge in [0, 0.05) is 58.0 Å². The standard InChI is InChI=1S/C18H25N5O2/c24-16(14-15-4-1-2-5-15)19-9-6-17(25)22-10-12-23(13-11-22)18-20-7-3-8-21-18/h1,3-4,7-8,15H,2,5-6,9-14H2,(H,19,24)/t15-/m1/s1. The number of nitrogens with zero attached hydrogens (tertiary/aromatic N) is 4. The van der Waals surface area contributed by atoms with Crippen molar-refractivity contribution in [2.75, 3.05) is 37.6 Å². The molecule has 2 aliphatic rings. The van der Waals surface area contributed by atoms with Gasteiger partial charge in [0.15, 0.2) is 0 Å². The summed E-state index contributed by atoms with van der Waals surface area (Å²) in [6, 6.07) is 1.79. The van der Waals surface area contributed by atoms with Crippen molar-refractivity contribution in [2.45, 2.75) is 25.7 Å². The Hall–Kier alpha value is -2.44. The van der Waals surface area contributed by atoms with Crippen molar-refractivity contribution in [1.29, 1.82) is 0 Å². The Morgan fingerprint density at radius 2 is 1.92 bits per heavy atom. The van der Waals surface area contributed by atoms with Crippen LogP contribution in [0.3, 0.4) is 0 Å². The summed E-state index contributed by atoms with van der Waals surface area (Å²) in [4.78, 5) is 36.6. The molecular weight excluding hydrogens is 318 g/mol. The highest BCUT2D eigenvalue weighted by molar-refractivity contribution is 5.79. The highest BCUT2D eigenvalue weighted by Gasteiger charge is 2.22. The number of carbonyl (C=O) groups is 2. The molecule has 134 valence electrons. The molecule has 1 aliphatic carbocycles. The number of amides is 2. The van der Waals surface area contributed by atoms with Crippen LogP contribution in [0.5, 0.6) is 0 Å². The molecular formula is C18H25N5O2. The molecule has 0 spiro atoms. The molecule has 0 bridgehead atoms. The van der Waals surface area contributed by atoms with Gasteiger partial charge in [-0.25, -0.2) is 9.97 Å². The lowest BCUT2D eigenvalue weighted by molar-refractivity contribution is -0.131. The molecule has 7 nitrogen and oxygen atoms in total. The van der Waals surface area contributed by atoms with Gasteiger partial charge in [0.2, 0.25) is 17.8 Å². The molecule has 7 heteroatoms. The summed E-state index contributed by atoms with van der Waals surface area (Å²) in [6.07, 6.45) is 10.7. The number of anilines is 1. The Morgan fingerprint density at radius 3 is 2.60 bits per heavy atom. The molecule has 1 saturated heterocycles. The normalized spacial score (nSPS) is 19.9. The smallest absolute Gasteiger partial charge is 0.225 e. The lowest BCUT2D eigenvalue weighted by atomic mass is 10.1. The first-order valence-corrected chi connectivity index (χ1v) is 8.95. The molecule has 1 aliphatic heterocycles. The molecule has 1 fully saturated rings. The maximum atomic E-state index is 12.3. The van der Waals surface area contributed by atoms with E-state index in [1.807, 2.05) is 4.90 Å². The van der Waals surface area contributed by atoms with Gasteiger partial charge >= 0.3 is 0 Å². The summed E-state index contributed by atoms with van der Waals surface area (Å²) in [6.45, 7) is 3.21. The maximum absolute atomic E-state index is 12.3. The Kier molecular flexibility index (Phi) is 5.98. The van der Waals surface area contributed by atoms with E-state index in [1.165, 1.54) is 0 Å². The van der Waals surface area contributed by atoms with E-state index in [1.54, 1.807) is 18.5 Å². The largest absolute Gasteiger partial charge is 0.356 e. The van der Waals surface area contributed by atoms with Crippen LogP contribution in [0.1, 0.15) is 25.7 Å². The molecule has 1 aromatic heterocycles. The van der Waals surface area contributed by atoms with Crippen molar-refractivity contribution in [3.63, 3.8) is 0 Å². The van der Waals surface area contributed by atoms with Crippen LogP contribution in [0.25, 0.3) is 0 Å². The van der Waals surface area contributed by atoms with E-state index in [4.69, 9.17) is 0 Å². The Labute approximate surface area is 148 Å². The molecule has 2 amide bonds. The predicted molar refractivity (Wildman–Crippen MR) is 94.9 cm³/mol. The van der Waals surface area contributed by atoms with Gasteiger partial charge in [-0.1, -0.05) is 12.2 Å². The molecule has 3 rings (SSSR count). The fourth-order valence-corrected chi connectivity index (χ4v) is 3.25. The lowest BCUT2D eigenvalue weighted by Crippen LogP contribution is -2.49. The number of aromatic nitrogens is 2. The molecule has 1 N–H and O–H groups in total. The van der Waals surface area contributed by atoms with Crippen molar-refractivity contribution in [3.05, 3.63) is 30.6 Å². The summed E-state index contributed by atoms with van der Waals surface area (Å²) in [5.74, 6) is 1.21. The Morgan fingerprint density at radius 1 is 1.16 bits per heavy atom. The third-order valence-electron chi connectivity index (χ3n) is 4.69. The number of carbonyl (C=O) groups excluding carboxylic acids is 2. The SMILES string of the molecule is O=C(C[C@@H]1C=CCC1)NCCC(=O)N1CCN(c2ncccn2)CC1. The van der Waals surface area contributed by atoms with Gasteiger partial charge in [-0.2, -0.15) is 0 Å². The first-order chi connectivity index (χ1) is 12.2. The second-order valence-corrected chi connectivity index (χ2v) is 6.49. The quantitative estimate of drug-likeness (QED) is 0.779. The molecule has 1 aromatic rings. The zero-order chi connectivity index (χ0) is 17.5. The van der Waals surface area contributed by atoms with E-state index in [2.05, 4.69) is 32.3 Å². The summed E-state index contributed by atoms with van der Waals surface area (Å²) < 4.78 is 0. The highest BCUT2D eigenvalue weighted by Crippen LogP contribution is 2.19. The van der Waals surface area contributed by atoms with E-state index in [9.17, 15) is 9.59 Å². The van der Waals surface area contributed by atoms with E-state index >= 15 is 0 Å². The zero-order valence-electron chi connectivity index (χ0n) is 14.4. The fourth-order valence-electron chi connectivity index (χ4n) is 3.25.